The van der Waals surface area contributed by atoms with Crippen LogP contribution in [0, 0.1) is 0 Å². The second-order valence-electron chi connectivity index (χ2n) is 5.93. The van der Waals surface area contributed by atoms with Crippen LogP contribution in [0.4, 0.5) is 0 Å². The fraction of sp³-hybridized carbons (Fsp3) is 0.588. The maximum Gasteiger partial charge on any atom is 0.0746 e. The smallest absolute Gasteiger partial charge is 0.0746 e. The topological polar surface area (TPSA) is 32.5 Å². The molecule has 2 N–H and O–H groups in total. The quantitative estimate of drug-likeness (QED) is 0.819. The first-order chi connectivity index (χ1) is 10.1. The number of thiocarbonyl (C=S) groups is 1. The summed E-state index contributed by atoms with van der Waals surface area (Å²) in [5, 5.41) is 0. The predicted molar refractivity (Wildman–Crippen MR) is 93.5 cm³/mol. The lowest BCUT2D eigenvalue weighted by atomic mass is 9.96. The lowest BCUT2D eigenvalue weighted by Gasteiger charge is -2.40. The molecule has 1 unspecified atom stereocenters. The molecule has 0 bridgehead atoms. The van der Waals surface area contributed by atoms with Crippen LogP contribution in [0.2, 0.25) is 0 Å². The van der Waals surface area contributed by atoms with Gasteiger partial charge in [0.15, 0.2) is 0 Å². The van der Waals surface area contributed by atoms with E-state index in [1.807, 2.05) is 0 Å². The molecule has 0 amide bonds. The zero-order valence-electron chi connectivity index (χ0n) is 13.2. The van der Waals surface area contributed by atoms with Gasteiger partial charge in [-0.05, 0) is 45.1 Å². The summed E-state index contributed by atoms with van der Waals surface area (Å²) in [4.78, 5) is 5.61. The number of hydrogen-bond acceptors (Lipinski definition) is 3. The molecule has 1 aromatic carbocycles. The number of nitrogens with zero attached hydrogens (tertiary/aromatic N) is 2. The number of piperidine rings is 1. The molecule has 3 nitrogen and oxygen atoms in total. The molecule has 21 heavy (non-hydrogen) atoms. The van der Waals surface area contributed by atoms with Crippen LogP contribution >= 0.6 is 12.2 Å². The van der Waals surface area contributed by atoms with E-state index in [2.05, 4.69) is 54.1 Å². The standard InChI is InChI=1S/C17H27N3S/c1-3-20-11-9-15(10-12-20)19(2)16(13-17(18)21)14-7-5-4-6-8-14/h4-8,15-16H,3,9-13H2,1-2H3,(H2,18,21). The Morgan fingerprint density at radius 3 is 2.48 bits per heavy atom. The summed E-state index contributed by atoms with van der Waals surface area (Å²) in [6.45, 7) is 5.79. The molecule has 116 valence electrons. The van der Waals surface area contributed by atoms with Crippen molar-refractivity contribution in [2.75, 3.05) is 26.7 Å². The van der Waals surface area contributed by atoms with Crippen molar-refractivity contribution in [3.8, 4) is 0 Å². The zero-order chi connectivity index (χ0) is 15.2. The molecule has 1 heterocycles. The number of hydrogen-bond donors (Lipinski definition) is 1. The van der Waals surface area contributed by atoms with E-state index in [0.29, 0.717) is 17.1 Å². The maximum absolute atomic E-state index is 5.84. The van der Waals surface area contributed by atoms with Crippen molar-refractivity contribution in [2.45, 2.75) is 38.3 Å². The third kappa shape index (κ3) is 4.50. The molecule has 2 rings (SSSR count). The molecule has 1 saturated heterocycles. The molecule has 1 aromatic rings. The first-order valence-corrected chi connectivity index (χ1v) is 8.30. The van der Waals surface area contributed by atoms with E-state index in [4.69, 9.17) is 18.0 Å². The monoisotopic (exact) mass is 305 g/mol. The van der Waals surface area contributed by atoms with Crippen LogP contribution in [0.15, 0.2) is 30.3 Å². The Hall–Kier alpha value is -0.970. The van der Waals surface area contributed by atoms with Crippen LogP contribution < -0.4 is 5.73 Å². The Morgan fingerprint density at radius 2 is 1.95 bits per heavy atom. The molecule has 0 saturated carbocycles. The van der Waals surface area contributed by atoms with Crippen molar-refractivity contribution in [2.24, 2.45) is 5.73 Å². The van der Waals surface area contributed by atoms with Gasteiger partial charge in [0.1, 0.15) is 0 Å². The summed E-state index contributed by atoms with van der Waals surface area (Å²) in [6, 6.07) is 11.5. The van der Waals surface area contributed by atoms with E-state index in [0.717, 1.165) is 13.0 Å². The molecule has 1 fully saturated rings. The summed E-state index contributed by atoms with van der Waals surface area (Å²) < 4.78 is 0. The van der Waals surface area contributed by atoms with Gasteiger partial charge in [-0.1, -0.05) is 49.5 Å². The van der Waals surface area contributed by atoms with Gasteiger partial charge < -0.3 is 10.6 Å². The largest absolute Gasteiger partial charge is 0.393 e. The van der Waals surface area contributed by atoms with Crippen LogP contribution in [0.5, 0.6) is 0 Å². The van der Waals surface area contributed by atoms with E-state index in [1.54, 1.807) is 0 Å². The van der Waals surface area contributed by atoms with E-state index >= 15 is 0 Å². The minimum Gasteiger partial charge on any atom is -0.393 e. The van der Waals surface area contributed by atoms with Gasteiger partial charge in [-0.3, -0.25) is 4.90 Å². The van der Waals surface area contributed by atoms with Crippen molar-refractivity contribution < 1.29 is 0 Å². The van der Waals surface area contributed by atoms with Crippen molar-refractivity contribution in [1.82, 2.24) is 9.80 Å². The molecule has 0 aromatic heterocycles. The van der Waals surface area contributed by atoms with Gasteiger partial charge in [-0.25, -0.2) is 0 Å². The summed E-state index contributed by atoms with van der Waals surface area (Å²) >= 11 is 5.17. The number of rotatable bonds is 6. The fourth-order valence-electron chi connectivity index (χ4n) is 3.26. The Kier molecular flexibility index (Phi) is 6.15. The van der Waals surface area contributed by atoms with E-state index in [9.17, 15) is 0 Å². The first-order valence-electron chi connectivity index (χ1n) is 7.89. The minimum absolute atomic E-state index is 0.293. The average molecular weight is 305 g/mol. The van der Waals surface area contributed by atoms with Gasteiger partial charge in [-0.2, -0.15) is 0 Å². The molecule has 0 aliphatic carbocycles. The predicted octanol–water partition coefficient (Wildman–Crippen LogP) is 2.82. The maximum atomic E-state index is 5.84. The Balaban J connectivity index is 2.08. The molecular weight excluding hydrogens is 278 g/mol. The molecular formula is C17H27N3S. The van der Waals surface area contributed by atoms with Crippen molar-refractivity contribution >= 4 is 17.2 Å². The van der Waals surface area contributed by atoms with Crippen LogP contribution in [0.1, 0.15) is 37.8 Å². The fourth-order valence-corrected chi connectivity index (χ4v) is 3.42. The third-order valence-corrected chi connectivity index (χ3v) is 4.82. The van der Waals surface area contributed by atoms with Gasteiger partial charge in [0.2, 0.25) is 0 Å². The van der Waals surface area contributed by atoms with Gasteiger partial charge in [0.25, 0.3) is 0 Å². The SMILES string of the molecule is CCN1CCC(N(C)C(CC(N)=S)c2ccccc2)CC1. The van der Waals surface area contributed by atoms with Crippen LogP contribution in [-0.2, 0) is 0 Å². The zero-order valence-corrected chi connectivity index (χ0v) is 14.0. The molecule has 1 atom stereocenters. The number of nitrogens with two attached hydrogens (primary N) is 1. The number of likely N-dealkylation sites (tertiary alicyclic amines) is 1. The van der Waals surface area contributed by atoms with E-state index in [1.165, 1.54) is 31.5 Å². The Labute approximate surface area is 134 Å². The van der Waals surface area contributed by atoms with Gasteiger partial charge in [0, 0.05) is 18.5 Å². The lowest BCUT2D eigenvalue weighted by Crippen LogP contribution is -2.45. The molecule has 1 aliphatic rings. The molecule has 0 radical (unpaired) electrons. The summed E-state index contributed by atoms with van der Waals surface area (Å²) in [5.41, 5.74) is 7.15. The van der Waals surface area contributed by atoms with Crippen LogP contribution in [0.3, 0.4) is 0 Å². The highest BCUT2D eigenvalue weighted by molar-refractivity contribution is 7.80. The van der Waals surface area contributed by atoms with Gasteiger partial charge in [-0.15, -0.1) is 0 Å². The van der Waals surface area contributed by atoms with Crippen LogP contribution in [-0.4, -0.2) is 47.5 Å². The highest BCUT2D eigenvalue weighted by Gasteiger charge is 2.27. The highest BCUT2D eigenvalue weighted by atomic mass is 32.1. The molecule has 4 heteroatoms. The minimum atomic E-state index is 0.293. The Bertz CT molecular complexity index is 441. The van der Waals surface area contributed by atoms with Gasteiger partial charge in [0.05, 0.1) is 4.99 Å². The summed E-state index contributed by atoms with van der Waals surface area (Å²) in [7, 11) is 2.22. The van der Waals surface area contributed by atoms with Crippen molar-refractivity contribution in [1.29, 1.82) is 0 Å². The third-order valence-electron chi connectivity index (χ3n) is 4.65. The number of benzene rings is 1. The Morgan fingerprint density at radius 1 is 1.33 bits per heavy atom. The second kappa shape index (κ2) is 7.87. The normalized spacial score (nSPS) is 18.8. The van der Waals surface area contributed by atoms with Gasteiger partial charge >= 0.3 is 0 Å². The average Bonchev–Trinajstić information content (AvgIpc) is 2.53. The summed E-state index contributed by atoms with van der Waals surface area (Å²) in [5.74, 6) is 0. The lowest BCUT2D eigenvalue weighted by molar-refractivity contribution is 0.100. The summed E-state index contributed by atoms with van der Waals surface area (Å²) in [6.07, 6.45) is 3.21. The van der Waals surface area contributed by atoms with Crippen LogP contribution in [0.25, 0.3) is 0 Å². The second-order valence-corrected chi connectivity index (χ2v) is 6.45. The molecule has 0 spiro atoms. The molecule has 1 aliphatic heterocycles. The van der Waals surface area contributed by atoms with E-state index < -0.39 is 0 Å². The van der Waals surface area contributed by atoms with Crippen molar-refractivity contribution in [3.05, 3.63) is 35.9 Å². The highest BCUT2D eigenvalue weighted by Crippen LogP contribution is 2.28. The first kappa shape index (κ1) is 16.4. The van der Waals surface area contributed by atoms with Crippen molar-refractivity contribution in [3.63, 3.8) is 0 Å². The van der Waals surface area contributed by atoms with E-state index in [-0.39, 0.29) is 0 Å².